The lowest BCUT2D eigenvalue weighted by Gasteiger charge is -2.22. The first kappa shape index (κ1) is 11.5. The maximum Gasteiger partial charge on any atom is 0.157 e. The molecule has 1 saturated carbocycles. The molecule has 1 aromatic rings. The number of ether oxygens (including phenoxy) is 1. The third-order valence-electron chi connectivity index (χ3n) is 3.09. The van der Waals surface area contributed by atoms with Crippen LogP contribution in [0.25, 0.3) is 0 Å². The quantitative estimate of drug-likeness (QED) is 0.773. The Bertz CT molecular complexity index is 305. The predicted molar refractivity (Wildman–Crippen MR) is 63.6 cm³/mol. The minimum Gasteiger partial charge on any atom is -0.489 e. The van der Waals surface area contributed by atoms with Crippen LogP contribution in [0.3, 0.4) is 0 Å². The second kappa shape index (κ2) is 5.89. The van der Waals surface area contributed by atoms with Gasteiger partial charge in [-0.05, 0) is 12.8 Å². The van der Waals surface area contributed by atoms with Crippen LogP contribution in [0.4, 0.5) is 0 Å². The molecule has 0 radical (unpaired) electrons. The molecule has 1 heterocycles. The summed E-state index contributed by atoms with van der Waals surface area (Å²) < 4.78 is 7.33. The fraction of sp³-hybridized carbons (Fsp3) is 0.750. The molecule has 1 fully saturated rings. The van der Waals surface area contributed by atoms with Gasteiger partial charge in [0.25, 0.3) is 0 Å². The Morgan fingerprint density at radius 2 is 2.25 bits per heavy atom. The fourth-order valence-corrected chi connectivity index (χ4v) is 2.21. The van der Waals surface area contributed by atoms with Gasteiger partial charge in [0.2, 0.25) is 0 Å². The third-order valence-corrected chi connectivity index (χ3v) is 3.09. The highest BCUT2D eigenvalue weighted by Crippen LogP contribution is 2.17. The second-order valence-electron chi connectivity index (χ2n) is 4.49. The van der Waals surface area contributed by atoms with E-state index in [0.29, 0.717) is 6.04 Å². The average molecular weight is 223 g/mol. The number of hydrogen-bond acceptors (Lipinski definition) is 3. The van der Waals surface area contributed by atoms with Crippen LogP contribution in [0.15, 0.2) is 12.4 Å². The minimum absolute atomic E-state index is 0.714. The van der Waals surface area contributed by atoms with Crippen LogP contribution in [-0.4, -0.2) is 29.0 Å². The zero-order valence-electron chi connectivity index (χ0n) is 9.98. The Hall–Kier alpha value is -1.03. The van der Waals surface area contributed by atoms with Gasteiger partial charge in [-0.25, -0.2) is 0 Å². The molecule has 2 rings (SSSR count). The smallest absolute Gasteiger partial charge is 0.157 e. The molecule has 4 heteroatoms. The van der Waals surface area contributed by atoms with Crippen molar-refractivity contribution < 1.29 is 4.74 Å². The van der Waals surface area contributed by atoms with Gasteiger partial charge in [0.1, 0.15) is 6.61 Å². The molecule has 0 unspecified atom stereocenters. The van der Waals surface area contributed by atoms with Crippen molar-refractivity contribution in [1.82, 2.24) is 15.1 Å². The van der Waals surface area contributed by atoms with Gasteiger partial charge in [0, 0.05) is 19.6 Å². The molecule has 1 N–H and O–H groups in total. The molecule has 90 valence electrons. The van der Waals surface area contributed by atoms with Crippen molar-refractivity contribution in [1.29, 1.82) is 0 Å². The number of aryl methyl sites for hydroxylation is 1. The molecule has 1 aromatic heterocycles. The molecule has 0 spiro atoms. The normalized spacial score (nSPS) is 17.6. The van der Waals surface area contributed by atoms with Crippen LogP contribution in [0.1, 0.15) is 32.1 Å². The van der Waals surface area contributed by atoms with Crippen LogP contribution in [0.2, 0.25) is 0 Å². The molecule has 0 saturated heterocycles. The lowest BCUT2D eigenvalue weighted by atomic mass is 9.96. The van der Waals surface area contributed by atoms with Crippen molar-refractivity contribution in [2.24, 2.45) is 7.05 Å². The molecule has 0 atom stereocenters. The van der Waals surface area contributed by atoms with Gasteiger partial charge >= 0.3 is 0 Å². The standard InChI is InChI=1S/C12H21N3O/c1-15-10-12(9-14-15)16-8-7-13-11-5-3-2-4-6-11/h9-11,13H,2-8H2,1H3. The number of hydrogen-bond donors (Lipinski definition) is 1. The van der Waals surface area contributed by atoms with E-state index in [1.165, 1.54) is 32.1 Å². The molecule has 1 aliphatic carbocycles. The van der Waals surface area contributed by atoms with Crippen molar-refractivity contribution in [2.45, 2.75) is 38.1 Å². The maximum atomic E-state index is 5.57. The average Bonchev–Trinajstić information content (AvgIpc) is 2.72. The molecule has 0 aromatic carbocycles. The Morgan fingerprint density at radius 3 is 2.94 bits per heavy atom. The van der Waals surface area contributed by atoms with Crippen LogP contribution in [-0.2, 0) is 7.05 Å². The van der Waals surface area contributed by atoms with Gasteiger partial charge in [-0.15, -0.1) is 0 Å². The number of nitrogens with one attached hydrogen (secondary N) is 1. The van der Waals surface area contributed by atoms with E-state index < -0.39 is 0 Å². The summed E-state index contributed by atoms with van der Waals surface area (Å²) in [6.07, 6.45) is 10.5. The first-order valence-corrected chi connectivity index (χ1v) is 6.19. The molecular weight excluding hydrogens is 202 g/mol. The second-order valence-corrected chi connectivity index (χ2v) is 4.49. The highest BCUT2D eigenvalue weighted by atomic mass is 16.5. The van der Waals surface area contributed by atoms with E-state index in [1.807, 2.05) is 13.2 Å². The van der Waals surface area contributed by atoms with E-state index in [1.54, 1.807) is 10.9 Å². The molecule has 0 bridgehead atoms. The summed E-state index contributed by atoms with van der Waals surface area (Å²) in [6.45, 7) is 1.65. The van der Waals surface area contributed by atoms with Crippen molar-refractivity contribution in [2.75, 3.05) is 13.2 Å². The van der Waals surface area contributed by atoms with Gasteiger partial charge in [0.05, 0.1) is 12.4 Å². The molecule has 0 aliphatic heterocycles. The molecule has 0 amide bonds. The van der Waals surface area contributed by atoms with Gasteiger partial charge in [0.15, 0.2) is 5.75 Å². The van der Waals surface area contributed by atoms with Gasteiger partial charge in [-0.1, -0.05) is 19.3 Å². The minimum atomic E-state index is 0.714. The fourth-order valence-electron chi connectivity index (χ4n) is 2.21. The summed E-state index contributed by atoms with van der Waals surface area (Å²) in [6, 6.07) is 0.714. The third kappa shape index (κ3) is 3.52. The SMILES string of the molecule is Cn1cc(OCCNC2CCCCC2)cn1. The van der Waals surface area contributed by atoms with Crippen LogP contribution < -0.4 is 10.1 Å². The molecule has 4 nitrogen and oxygen atoms in total. The highest BCUT2D eigenvalue weighted by Gasteiger charge is 2.11. The Kier molecular flexibility index (Phi) is 4.22. The van der Waals surface area contributed by atoms with Gasteiger partial charge < -0.3 is 10.1 Å². The van der Waals surface area contributed by atoms with Gasteiger partial charge in [-0.3, -0.25) is 4.68 Å². The van der Waals surface area contributed by atoms with Crippen LogP contribution in [0.5, 0.6) is 5.75 Å². The van der Waals surface area contributed by atoms with E-state index in [9.17, 15) is 0 Å². The Morgan fingerprint density at radius 1 is 1.44 bits per heavy atom. The summed E-state index contributed by atoms with van der Waals surface area (Å²) in [7, 11) is 1.90. The van der Waals surface area contributed by atoms with Gasteiger partial charge in [-0.2, -0.15) is 5.10 Å². The van der Waals surface area contributed by atoms with E-state index in [-0.39, 0.29) is 0 Å². The summed E-state index contributed by atoms with van der Waals surface area (Å²) in [5.41, 5.74) is 0. The number of nitrogens with zero attached hydrogens (tertiary/aromatic N) is 2. The highest BCUT2D eigenvalue weighted by molar-refractivity contribution is 5.11. The topological polar surface area (TPSA) is 39.1 Å². The van der Waals surface area contributed by atoms with Crippen molar-refractivity contribution in [3.05, 3.63) is 12.4 Å². The molecule has 16 heavy (non-hydrogen) atoms. The van der Waals surface area contributed by atoms with E-state index in [4.69, 9.17) is 4.74 Å². The largest absolute Gasteiger partial charge is 0.489 e. The first-order valence-electron chi connectivity index (χ1n) is 6.19. The van der Waals surface area contributed by atoms with E-state index >= 15 is 0 Å². The Balaban J connectivity index is 1.57. The Labute approximate surface area is 97.0 Å². The van der Waals surface area contributed by atoms with Crippen LogP contribution >= 0.6 is 0 Å². The van der Waals surface area contributed by atoms with Crippen LogP contribution in [0, 0.1) is 0 Å². The first-order chi connectivity index (χ1) is 7.84. The summed E-state index contributed by atoms with van der Waals surface area (Å²) in [5.74, 6) is 0.855. The number of rotatable bonds is 5. The maximum absolute atomic E-state index is 5.57. The van der Waals surface area contributed by atoms with Crippen molar-refractivity contribution in [3.63, 3.8) is 0 Å². The monoisotopic (exact) mass is 223 g/mol. The summed E-state index contributed by atoms with van der Waals surface area (Å²) >= 11 is 0. The summed E-state index contributed by atoms with van der Waals surface area (Å²) in [5, 5.41) is 7.60. The van der Waals surface area contributed by atoms with E-state index in [2.05, 4.69) is 10.4 Å². The zero-order valence-corrected chi connectivity index (χ0v) is 9.98. The predicted octanol–water partition coefficient (Wildman–Crippen LogP) is 1.72. The lowest BCUT2D eigenvalue weighted by Crippen LogP contribution is -2.34. The van der Waals surface area contributed by atoms with Crippen molar-refractivity contribution >= 4 is 0 Å². The van der Waals surface area contributed by atoms with E-state index in [0.717, 1.165) is 18.9 Å². The molecular formula is C12H21N3O. The zero-order chi connectivity index (χ0) is 11.2. The lowest BCUT2D eigenvalue weighted by molar-refractivity contribution is 0.289. The number of aromatic nitrogens is 2. The van der Waals surface area contributed by atoms with Crippen molar-refractivity contribution in [3.8, 4) is 5.75 Å². The molecule has 1 aliphatic rings. The summed E-state index contributed by atoms with van der Waals surface area (Å²) in [4.78, 5) is 0.